The monoisotopic (exact) mass is 248 g/mol. The Kier molecular flexibility index (Phi) is 6.05. The molecule has 0 unspecified atom stereocenters. The van der Waals surface area contributed by atoms with Crippen molar-refractivity contribution in [3.8, 4) is 0 Å². The van der Waals surface area contributed by atoms with E-state index in [1.54, 1.807) is 0 Å². The third-order valence-electron chi connectivity index (χ3n) is 3.01. The number of halogens is 1. The maximum Gasteiger partial charge on any atom is 0.0462 e. The van der Waals surface area contributed by atoms with Crippen molar-refractivity contribution < 1.29 is 5.11 Å². The zero-order valence-electron chi connectivity index (χ0n) is 8.34. The van der Waals surface area contributed by atoms with Crippen LogP contribution in [0, 0.1) is 11.8 Å². The molecule has 0 saturated heterocycles. The third kappa shape index (κ3) is 5.02. The molecule has 0 amide bonds. The average Bonchev–Trinajstić information content (AvgIpc) is 2.90. The van der Waals surface area contributed by atoms with E-state index in [2.05, 4.69) is 15.9 Å². The van der Waals surface area contributed by atoms with Crippen LogP contribution in [-0.2, 0) is 0 Å². The van der Waals surface area contributed by atoms with Crippen molar-refractivity contribution in [3.63, 3.8) is 0 Å². The van der Waals surface area contributed by atoms with E-state index in [4.69, 9.17) is 5.11 Å². The lowest BCUT2D eigenvalue weighted by Gasteiger charge is -1.99. The van der Waals surface area contributed by atoms with Crippen LogP contribution in [0.2, 0.25) is 0 Å². The molecule has 1 aliphatic rings. The van der Waals surface area contributed by atoms with Crippen molar-refractivity contribution in [2.45, 2.75) is 44.9 Å². The van der Waals surface area contributed by atoms with Gasteiger partial charge in [0.05, 0.1) is 0 Å². The molecule has 1 nitrogen and oxygen atoms in total. The Bertz CT molecular complexity index is 127. The van der Waals surface area contributed by atoms with E-state index in [0.29, 0.717) is 12.5 Å². The second-order valence-electron chi connectivity index (χ2n) is 4.18. The molecule has 0 aromatic rings. The molecule has 2 atom stereocenters. The molecule has 0 aliphatic heterocycles. The van der Waals surface area contributed by atoms with Crippen LogP contribution in [0.15, 0.2) is 0 Å². The SMILES string of the molecule is OC[C@H]1C[C@H]1CCCCCCCBr. The van der Waals surface area contributed by atoms with Gasteiger partial charge in [0.15, 0.2) is 0 Å². The first-order chi connectivity index (χ1) is 6.38. The van der Waals surface area contributed by atoms with Gasteiger partial charge in [-0.15, -0.1) is 0 Å². The standard InChI is InChI=1S/C11H21BrO/c12-7-5-3-1-2-4-6-10-8-11(10)9-13/h10-11,13H,1-9H2/t10-,11-/m1/s1. The molecule has 1 N–H and O–H groups in total. The van der Waals surface area contributed by atoms with Gasteiger partial charge in [-0.1, -0.05) is 48.0 Å². The quantitative estimate of drug-likeness (QED) is 0.516. The highest BCUT2D eigenvalue weighted by molar-refractivity contribution is 9.09. The van der Waals surface area contributed by atoms with Gasteiger partial charge >= 0.3 is 0 Å². The first-order valence-corrected chi connectivity index (χ1v) is 6.67. The van der Waals surface area contributed by atoms with Gasteiger partial charge in [0.25, 0.3) is 0 Å². The van der Waals surface area contributed by atoms with Gasteiger partial charge in [0.2, 0.25) is 0 Å². The fourth-order valence-corrected chi connectivity index (χ4v) is 2.32. The van der Waals surface area contributed by atoms with Crippen molar-refractivity contribution in [1.29, 1.82) is 0 Å². The van der Waals surface area contributed by atoms with Gasteiger partial charge in [-0.25, -0.2) is 0 Å². The predicted octanol–water partition coefficient (Wildman–Crippen LogP) is 3.35. The zero-order valence-corrected chi connectivity index (χ0v) is 9.93. The first-order valence-electron chi connectivity index (χ1n) is 5.55. The minimum Gasteiger partial charge on any atom is -0.396 e. The number of hydrogen-bond acceptors (Lipinski definition) is 1. The summed E-state index contributed by atoms with van der Waals surface area (Å²) in [4.78, 5) is 0. The molecule has 0 radical (unpaired) electrons. The highest BCUT2D eigenvalue weighted by Gasteiger charge is 2.34. The third-order valence-corrected chi connectivity index (χ3v) is 3.57. The number of aliphatic hydroxyl groups excluding tert-OH is 1. The van der Waals surface area contributed by atoms with Crippen molar-refractivity contribution in [3.05, 3.63) is 0 Å². The Hall–Kier alpha value is 0.440. The summed E-state index contributed by atoms with van der Waals surface area (Å²) in [6, 6.07) is 0. The molecule has 78 valence electrons. The number of aliphatic hydroxyl groups is 1. The fraction of sp³-hybridized carbons (Fsp3) is 1.00. The lowest BCUT2D eigenvalue weighted by molar-refractivity contribution is 0.267. The Balaban J connectivity index is 1.75. The maximum absolute atomic E-state index is 8.84. The van der Waals surface area contributed by atoms with E-state index in [0.717, 1.165) is 11.2 Å². The van der Waals surface area contributed by atoms with E-state index < -0.39 is 0 Å². The minimum absolute atomic E-state index is 0.425. The van der Waals surface area contributed by atoms with Gasteiger partial charge in [-0.3, -0.25) is 0 Å². The molecule has 0 spiro atoms. The van der Waals surface area contributed by atoms with Crippen molar-refractivity contribution in [1.82, 2.24) is 0 Å². The number of hydrogen-bond donors (Lipinski definition) is 1. The van der Waals surface area contributed by atoms with Crippen LogP contribution in [0.25, 0.3) is 0 Å². The Labute approximate surface area is 90.0 Å². The van der Waals surface area contributed by atoms with Gasteiger partial charge in [0.1, 0.15) is 0 Å². The van der Waals surface area contributed by atoms with E-state index >= 15 is 0 Å². The normalized spacial score (nSPS) is 26.3. The summed E-state index contributed by atoms with van der Waals surface area (Å²) in [6.07, 6.45) is 9.51. The second kappa shape index (κ2) is 6.83. The summed E-state index contributed by atoms with van der Waals surface area (Å²) in [7, 11) is 0. The predicted molar refractivity (Wildman–Crippen MR) is 60.2 cm³/mol. The number of unbranched alkanes of at least 4 members (excludes halogenated alkanes) is 4. The molecule has 0 aromatic heterocycles. The van der Waals surface area contributed by atoms with Crippen LogP contribution in [0.4, 0.5) is 0 Å². The minimum atomic E-state index is 0.425. The van der Waals surface area contributed by atoms with E-state index in [-0.39, 0.29) is 0 Å². The summed E-state index contributed by atoms with van der Waals surface area (Å²) in [6.45, 7) is 0.425. The summed E-state index contributed by atoms with van der Waals surface area (Å²) < 4.78 is 0. The number of alkyl halides is 1. The van der Waals surface area contributed by atoms with Crippen LogP contribution < -0.4 is 0 Å². The highest BCUT2D eigenvalue weighted by Crippen LogP contribution is 2.41. The summed E-state index contributed by atoms with van der Waals surface area (Å²) in [5.74, 6) is 1.55. The molecule has 1 aliphatic carbocycles. The topological polar surface area (TPSA) is 20.2 Å². The lowest BCUT2D eigenvalue weighted by Crippen LogP contribution is -1.89. The van der Waals surface area contributed by atoms with Gasteiger partial charge < -0.3 is 5.11 Å². The van der Waals surface area contributed by atoms with E-state index in [1.807, 2.05) is 0 Å². The molecule has 1 saturated carbocycles. The van der Waals surface area contributed by atoms with Crippen LogP contribution in [-0.4, -0.2) is 17.0 Å². The van der Waals surface area contributed by atoms with E-state index in [1.165, 1.54) is 44.9 Å². The molecule has 13 heavy (non-hydrogen) atoms. The smallest absolute Gasteiger partial charge is 0.0462 e. The fourth-order valence-electron chi connectivity index (χ4n) is 1.92. The molecule has 1 rings (SSSR count). The molecular formula is C11H21BrO. The van der Waals surface area contributed by atoms with Crippen molar-refractivity contribution in [2.24, 2.45) is 11.8 Å². The maximum atomic E-state index is 8.84. The van der Waals surface area contributed by atoms with Crippen LogP contribution in [0.3, 0.4) is 0 Å². The summed E-state index contributed by atoms with van der Waals surface area (Å²) >= 11 is 3.44. The Morgan fingerprint density at radius 3 is 2.31 bits per heavy atom. The first kappa shape index (κ1) is 11.5. The molecule has 0 heterocycles. The largest absolute Gasteiger partial charge is 0.396 e. The Morgan fingerprint density at radius 1 is 1.00 bits per heavy atom. The van der Waals surface area contributed by atoms with Gasteiger partial charge in [0, 0.05) is 11.9 Å². The highest BCUT2D eigenvalue weighted by atomic mass is 79.9. The molecule has 0 bridgehead atoms. The molecule has 0 aromatic carbocycles. The molecule has 2 heteroatoms. The Morgan fingerprint density at radius 2 is 1.69 bits per heavy atom. The van der Waals surface area contributed by atoms with Crippen LogP contribution in [0.5, 0.6) is 0 Å². The second-order valence-corrected chi connectivity index (χ2v) is 4.98. The van der Waals surface area contributed by atoms with Crippen LogP contribution in [0.1, 0.15) is 44.9 Å². The summed E-state index contributed by atoms with van der Waals surface area (Å²) in [5.41, 5.74) is 0. The summed E-state index contributed by atoms with van der Waals surface area (Å²) in [5, 5.41) is 10.00. The average molecular weight is 249 g/mol. The molecule has 1 fully saturated rings. The lowest BCUT2D eigenvalue weighted by atomic mass is 10.1. The van der Waals surface area contributed by atoms with Crippen molar-refractivity contribution >= 4 is 15.9 Å². The van der Waals surface area contributed by atoms with Gasteiger partial charge in [-0.05, 0) is 24.7 Å². The number of rotatable bonds is 8. The zero-order chi connectivity index (χ0) is 9.52. The molecular weight excluding hydrogens is 228 g/mol. The van der Waals surface area contributed by atoms with Crippen molar-refractivity contribution in [2.75, 3.05) is 11.9 Å². The van der Waals surface area contributed by atoms with E-state index in [9.17, 15) is 0 Å². The van der Waals surface area contributed by atoms with Crippen LogP contribution >= 0.6 is 15.9 Å². The van der Waals surface area contributed by atoms with Gasteiger partial charge in [-0.2, -0.15) is 0 Å².